The number of aromatic amines is 1. The van der Waals surface area contributed by atoms with Crippen LogP contribution in [0.5, 0.6) is 0 Å². The first-order valence-electron chi connectivity index (χ1n) is 7.19. The Kier molecular flexibility index (Phi) is 4.94. The van der Waals surface area contributed by atoms with Crippen molar-refractivity contribution in [2.75, 3.05) is 0 Å². The van der Waals surface area contributed by atoms with Crippen LogP contribution in [0.4, 0.5) is 13.2 Å². The number of rotatable bonds is 6. The number of hydrogen-bond donors (Lipinski definition) is 1. The van der Waals surface area contributed by atoms with Crippen molar-refractivity contribution in [1.29, 1.82) is 0 Å². The van der Waals surface area contributed by atoms with Gasteiger partial charge in [-0.3, -0.25) is 14.7 Å². The van der Waals surface area contributed by atoms with E-state index in [4.69, 9.17) is 4.42 Å². The minimum atomic E-state index is -4.48. The van der Waals surface area contributed by atoms with Crippen molar-refractivity contribution in [2.45, 2.75) is 22.4 Å². The maximum Gasteiger partial charge on any atom is 0.417 e. The van der Waals surface area contributed by atoms with Crippen molar-refractivity contribution < 1.29 is 27.2 Å². The Morgan fingerprint density at radius 3 is 2.69 bits per heavy atom. The van der Waals surface area contributed by atoms with E-state index in [-0.39, 0.29) is 22.9 Å². The minimum Gasteiger partial charge on any atom is -0.468 e. The Hall–Kier alpha value is -2.88. The zero-order valence-corrected chi connectivity index (χ0v) is 13.7. The summed E-state index contributed by atoms with van der Waals surface area (Å²) in [5.74, 6) is -1.76. The van der Waals surface area contributed by atoms with Crippen LogP contribution < -0.4 is 0 Å². The molecule has 26 heavy (non-hydrogen) atoms. The van der Waals surface area contributed by atoms with E-state index in [1.807, 2.05) is 0 Å². The van der Waals surface area contributed by atoms with Crippen LogP contribution in [0.2, 0.25) is 0 Å². The van der Waals surface area contributed by atoms with Gasteiger partial charge in [-0.25, -0.2) is 4.98 Å². The molecule has 3 aromatic rings. The molecule has 2 heterocycles. The Labute approximate surface area is 148 Å². The summed E-state index contributed by atoms with van der Waals surface area (Å²) in [6.45, 7) is 0. The van der Waals surface area contributed by atoms with E-state index in [1.165, 1.54) is 36.9 Å². The van der Waals surface area contributed by atoms with E-state index in [2.05, 4.69) is 15.2 Å². The summed E-state index contributed by atoms with van der Waals surface area (Å²) in [5, 5.41) is 5.85. The Morgan fingerprint density at radius 2 is 2.00 bits per heavy atom. The van der Waals surface area contributed by atoms with Crippen LogP contribution in [0.25, 0.3) is 0 Å². The van der Waals surface area contributed by atoms with Gasteiger partial charge in [0.2, 0.25) is 11.6 Å². The average molecular weight is 381 g/mol. The number of aromatic nitrogens is 3. The second-order valence-corrected chi connectivity index (χ2v) is 6.21. The Morgan fingerprint density at radius 1 is 1.23 bits per heavy atom. The molecule has 0 saturated heterocycles. The lowest BCUT2D eigenvalue weighted by atomic mass is 10.1. The molecule has 6 nitrogen and oxygen atoms in total. The number of halogens is 3. The van der Waals surface area contributed by atoms with Gasteiger partial charge in [0.1, 0.15) is 18.4 Å². The zero-order chi connectivity index (χ0) is 18.7. The fourth-order valence-corrected chi connectivity index (χ4v) is 3.09. The molecule has 0 atom stereocenters. The van der Waals surface area contributed by atoms with Crippen molar-refractivity contribution in [3.05, 3.63) is 60.1 Å². The summed E-state index contributed by atoms with van der Waals surface area (Å²) in [7, 11) is 0. The number of benzene rings is 1. The van der Waals surface area contributed by atoms with E-state index >= 15 is 0 Å². The van der Waals surface area contributed by atoms with Crippen LogP contribution in [0, 0.1) is 0 Å². The molecule has 1 aromatic carbocycles. The predicted octanol–water partition coefficient (Wildman–Crippen LogP) is 3.56. The van der Waals surface area contributed by atoms with Crippen molar-refractivity contribution in [2.24, 2.45) is 0 Å². The Balaban J connectivity index is 1.71. The Bertz CT molecular complexity index is 936. The predicted molar refractivity (Wildman–Crippen MR) is 83.7 cm³/mol. The maximum atomic E-state index is 13.0. The highest BCUT2D eigenvalue weighted by atomic mass is 32.2. The third-order valence-electron chi connectivity index (χ3n) is 3.26. The van der Waals surface area contributed by atoms with Gasteiger partial charge in [0.25, 0.3) is 5.78 Å². The number of alkyl halides is 3. The lowest BCUT2D eigenvalue weighted by Gasteiger charge is -2.10. The highest BCUT2D eigenvalue weighted by molar-refractivity contribution is 7.99. The van der Waals surface area contributed by atoms with Gasteiger partial charge in [0.15, 0.2) is 0 Å². The van der Waals surface area contributed by atoms with E-state index in [9.17, 15) is 22.8 Å². The lowest BCUT2D eigenvalue weighted by Crippen LogP contribution is -2.17. The summed E-state index contributed by atoms with van der Waals surface area (Å²) in [6, 6.07) is 6.56. The molecule has 0 bridgehead atoms. The van der Waals surface area contributed by atoms with Gasteiger partial charge >= 0.3 is 6.18 Å². The molecule has 3 rings (SSSR count). The number of carbonyl (C=O) groups is 2. The molecule has 0 aliphatic rings. The summed E-state index contributed by atoms with van der Waals surface area (Å²) in [4.78, 5) is 27.7. The van der Waals surface area contributed by atoms with Crippen LogP contribution in [0.1, 0.15) is 21.9 Å². The van der Waals surface area contributed by atoms with Crippen molar-refractivity contribution in [3.63, 3.8) is 0 Å². The molecule has 134 valence electrons. The molecule has 0 fully saturated rings. The number of hydrogen-bond acceptors (Lipinski definition) is 6. The molecule has 0 saturated carbocycles. The summed E-state index contributed by atoms with van der Waals surface area (Å²) < 4.78 is 44.2. The van der Waals surface area contributed by atoms with Crippen molar-refractivity contribution >= 4 is 23.3 Å². The average Bonchev–Trinajstić information content (AvgIpc) is 3.26. The molecular weight excluding hydrogens is 371 g/mol. The molecular formula is C16H10F3N3O3S. The second kappa shape index (κ2) is 7.16. The number of Topliss-reactive ketones (excluding diaryl/α,β-unsaturated/α-hetero) is 2. The number of furan rings is 1. The fourth-order valence-electron chi connectivity index (χ4n) is 2.10. The molecule has 0 unspecified atom stereocenters. The van der Waals surface area contributed by atoms with Gasteiger partial charge in [0, 0.05) is 4.90 Å². The monoisotopic (exact) mass is 381 g/mol. The summed E-state index contributed by atoms with van der Waals surface area (Å²) in [6.07, 6.45) is -2.41. The van der Waals surface area contributed by atoms with Gasteiger partial charge in [-0.1, -0.05) is 23.9 Å². The van der Waals surface area contributed by atoms with Gasteiger partial charge < -0.3 is 4.42 Å². The van der Waals surface area contributed by atoms with Gasteiger partial charge in [0.05, 0.1) is 16.9 Å². The molecule has 0 amide bonds. The number of ketones is 2. The number of carbonyl (C=O) groups excluding carboxylic acids is 2. The first-order valence-corrected chi connectivity index (χ1v) is 8.01. The highest BCUT2D eigenvalue weighted by Gasteiger charge is 2.33. The fraction of sp³-hybridized carbons (Fsp3) is 0.125. The van der Waals surface area contributed by atoms with Crippen LogP contribution in [0.15, 0.2) is 57.1 Å². The molecule has 0 spiro atoms. The largest absolute Gasteiger partial charge is 0.468 e. The molecule has 0 radical (unpaired) electrons. The summed E-state index contributed by atoms with van der Waals surface area (Å²) >= 11 is 0.855. The third kappa shape index (κ3) is 4.02. The van der Waals surface area contributed by atoms with E-state index in [1.54, 1.807) is 0 Å². The minimum absolute atomic E-state index is 0.00970. The molecule has 0 aliphatic heterocycles. The number of H-pyrrole nitrogens is 1. The first-order chi connectivity index (χ1) is 12.3. The smallest absolute Gasteiger partial charge is 0.417 e. The van der Waals surface area contributed by atoms with Crippen LogP contribution in [-0.2, 0) is 17.4 Å². The summed E-state index contributed by atoms with van der Waals surface area (Å²) in [5.41, 5.74) is -0.761. The normalized spacial score (nSPS) is 11.5. The van der Waals surface area contributed by atoms with Crippen molar-refractivity contribution in [3.8, 4) is 0 Å². The number of nitrogens with one attached hydrogen (secondary N) is 1. The molecule has 2 aromatic heterocycles. The molecule has 10 heteroatoms. The molecule has 0 aliphatic carbocycles. The highest BCUT2D eigenvalue weighted by Crippen LogP contribution is 2.39. The van der Waals surface area contributed by atoms with Crippen molar-refractivity contribution in [1.82, 2.24) is 15.2 Å². The lowest BCUT2D eigenvalue weighted by molar-refractivity contribution is -0.139. The van der Waals surface area contributed by atoms with Gasteiger partial charge in [-0.05, 0) is 18.2 Å². The van der Waals surface area contributed by atoms with Crippen LogP contribution in [0.3, 0.4) is 0 Å². The SMILES string of the molecule is O=C(Cc1cc(Sc2ccccc2C(F)(F)F)co1)C(=O)c1nc[nH]n1. The van der Waals surface area contributed by atoms with Crippen LogP contribution >= 0.6 is 11.8 Å². The maximum absolute atomic E-state index is 13.0. The second-order valence-electron chi connectivity index (χ2n) is 5.10. The molecule has 1 N–H and O–H groups in total. The van der Waals surface area contributed by atoms with Gasteiger partial charge in [-0.2, -0.15) is 13.2 Å². The van der Waals surface area contributed by atoms with Crippen LogP contribution in [-0.4, -0.2) is 26.7 Å². The quantitative estimate of drug-likeness (QED) is 0.519. The van der Waals surface area contributed by atoms with Gasteiger partial charge in [-0.15, -0.1) is 5.10 Å². The third-order valence-corrected chi connectivity index (χ3v) is 4.28. The topological polar surface area (TPSA) is 88.9 Å². The van der Waals surface area contributed by atoms with E-state index in [0.29, 0.717) is 4.90 Å². The number of nitrogens with zero attached hydrogens (tertiary/aromatic N) is 2. The first kappa shape index (κ1) is 17.9. The zero-order valence-electron chi connectivity index (χ0n) is 12.9. The van der Waals surface area contributed by atoms with E-state index in [0.717, 1.165) is 17.8 Å². The van der Waals surface area contributed by atoms with E-state index < -0.39 is 23.3 Å². The standard InChI is InChI=1S/C16H10F3N3O3S/c17-16(18,19)11-3-1-2-4-13(11)26-10-5-9(25-7-10)6-12(23)14(24)15-20-8-21-22-15/h1-5,7-8H,6H2,(H,20,21,22).